The number of nitrogens with one attached hydrogen (secondary N) is 1. The van der Waals surface area contributed by atoms with Crippen molar-refractivity contribution in [2.75, 3.05) is 7.05 Å². The fourth-order valence-electron chi connectivity index (χ4n) is 2.06. The first-order valence-electron chi connectivity index (χ1n) is 5.18. The highest BCUT2D eigenvalue weighted by Gasteiger charge is 2.40. The van der Waals surface area contributed by atoms with Crippen molar-refractivity contribution in [3.05, 3.63) is 29.3 Å². The van der Waals surface area contributed by atoms with Crippen molar-refractivity contribution < 1.29 is 9.68 Å². The molecule has 1 aliphatic rings. The van der Waals surface area contributed by atoms with Crippen LogP contribution in [0.5, 0.6) is 0 Å². The fourth-order valence-corrected chi connectivity index (χ4v) is 2.06. The molecular weight excluding hydrogens is 189 g/mol. The minimum Gasteiger partial charge on any atom is -0.423 e. The fraction of sp³-hybridized carbons (Fsp3) is 0.455. The molecule has 1 aromatic rings. The monoisotopic (exact) mass is 205 g/mol. The zero-order valence-electron chi connectivity index (χ0n) is 9.37. The molecule has 0 saturated carbocycles. The quantitative estimate of drug-likeness (QED) is 0.685. The molecule has 4 heteroatoms. The molecule has 0 saturated heterocycles. The van der Waals surface area contributed by atoms with Gasteiger partial charge in [-0.1, -0.05) is 18.2 Å². The van der Waals surface area contributed by atoms with Crippen molar-refractivity contribution in [1.82, 2.24) is 5.32 Å². The maximum atomic E-state index is 9.70. The van der Waals surface area contributed by atoms with Crippen LogP contribution in [0.25, 0.3) is 0 Å². The number of benzene rings is 1. The summed E-state index contributed by atoms with van der Waals surface area (Å²) in [7, 11) is 1.14. The van der Waals surface area contributed by atoms with Gasteiger partial charge in [-0.05, 0) is 37.5 Å². The number of hydrogen-bond donors (Lipinski definition) is 2. The van der Waals surface area contributed by atoms with Gasteiger partial charge in [0.15, 0.2) is 0 Å². The van der Waals surface area contributed by atoms with E-state index in [0.717, 1.165) is 17.6 Å². The van der Waals surface area contributed by atoms with E-state index in [9.17, 15) is 5.02 Å². The highest BCUT2D eigenvalue weighted by Crippen LogP contribution is 2.30. The van der Waals surface area contributed by atoms with Gasteiger partial charge >= 0.3 is 7.12 Å². The molecule has 0 unspecified atom stereocenters. The molecular formula is C11H16BNO2. The Bertz CT molecular complexity index is 379. The van der Waals surface area contributed by atoms with Crippen LogP contribution in [-0.2, 0) is 16.8 Å². The molecule has 80 valence electrons. The lowest BCUT2D eigenvalue weighted by Crippen LogP contribution is -2.28. The Morgan fingerprint density at radius 1 is 1.47 bits per heavy atom. The van der Waals surface area contributed by atoms with Crippen LogP contribution in [0.4, 0.5) is 0 Å². The molecule has 0 radical (unpaired) electrons. The van der Waals surface area contributed by atoms with Gasteiger partial charge in [-0.3, -0.25) is 0 Å². The summed E-state index contributed by atoms with van der Waals surface area (Å²) < 4.78 is 5.49. The van der Waals surface area contributed by atoms with Crippen molar-refractivity contribution >= 4 is 12.6 Å². The lowest BCUT2D eigenvalue weighted by molar-refractivity contribution is 0.101. The van der Waals surface area contributed by atoms with E-state index in [-0.39, 0.29) is 0 Å². The Labute approximate surface area is 90.6 Å². The summed E-state index contributed by atoms with van der Waals surface area (Å²) in [5.41, 5.74) is 2.79. The predicted molar refractivity (Wildman–Crippen MR) is 60.9 cm³/mol. The van der Waals surface area contributed by atoms with Crippen molar-refractivity contribution in [2.24, 2.45) is 0 Å². The van der Waals surface area contributed by atoms with Crippen molar-refractivity contribution in [2.45, 2.75) is 26.0 Å². The van der Waals surface area contributed by atoms with Crippen LogP contribution < -0.4 is 10.8 Å². The predicted octanol–water partition coefficient (Wildman–Crippen LogP) is 0.359. The molecule has 1 aliphatic heterocycles. The number of fused-ring (bicyclic) bond motifs is 1. The van der Waals surface area contributed by atoms with Crippen molar-refractivity contribution in [3.63, 3.8) is 0 Å². The molecule has 0 aromatic heterocycles. The smallest absolute Gasteiger partial charge is 0.423 e. The molecule has 1 heterocycles. The van der Waals surface area contributed by atoms with Crippen molar-refractivity contribution in [1.29, 1.82) is 0 Å². The van der Waals surface area contributed by atoms with Gasteiger partial charge in [0.1, 0.15) is 0 Å². The second-order valence-electron chi connectivity index (χ2n) is 4.43. The Morgan fingerprint density at radius 3 is 2.87 bits per heavy atom. The molecule has 2 rings (SSSR count). The maximum Gasteiger partial charge on any atom is 0.492 e. The third-order valence-corrected chi connectivity index (χ3v) is 2.82. The van der Waals surface area contributed by atoms with Crippen LogP contribution in [0.3, 0.4) is 0 Å². The van der Waals surface area contributed by atoms with E-state index >= 15 is 0 Å². The van der Waals surface area contributed by atoms with E-state index in [1.54, 1.807) is 0 Å². The Kier molecular flexibility index (Phi) is 2.58. The zero-order valence-corrected chi connectivity index (χ0v) is 9.37. The van der Waals surface area contributed by atoms with Crippen LogP contribution >= 0.6 is 0 Å². The third kappa shape index (κ3) is 1.80. The topological polar surface area (TPSA) is 41.5 Å². The summed E-state index contributed by atoms with van der Waals surface area (Å²) in [5, 5.41) is 12.8. The van der Waals surface area contributed by atoms with Crippen LogP contribution in [0, 0.1) is 0 Å². The van der Waals surface area contributed by atoms with E-state index in [4.69, 9.17) is 4.65 Å². The Balaban J connectivity index is 2.43. The second kappa shape index (κ2) is 3.63. The average molecular weight is 205 g/mol. The standard InChI is InChI=1S/C11H16BNO2/c1-11(2)9-6-8(7-13-3)4-5-10(9)12(14)15-11/h4-6,13-14H,7H2,1-3H3. The number of hydrogen-bond acceptors (Lipinski definition) is 3. The van der Waals surface area contributed by atoms with E-state index < -0.39 is 12.7 Å². The van der Waals surface area contributed by atoms with Crippen LogP contribution in [0.1, 0.15) is 25.0 Å². The van der Waals surface area contributed by atoms with Crippen LogP contribution in [0.2, 0.25) is 0 Å². The van der Waals surface area contributed by atoms with E-state index in [0.29, 0.717) is 0 Å². The summed E-state index contributed by atoms with van der Waals surface area (Å²) in [4.78, 5) is 0. The molecule has 0 amide bonds. The summed E-state index contributed by atoms with van der Waals surface area (Å²) in [6, 6.07) is 6.06. The molecule has 2 N–H and O–H groups in total. The molecule has 3 nitrogen and oxygen atoms in total. The van der Waals surface area contributed by atoms with Gasteiger partial charge in [0.2, 0.25) is 0 Å². The zero-order chi connectivity index (χ0) is 11.1. The van der Waals surface area contributed by atoms with Crippen LogP contribution in [-0.4, -0.2) is 19.2 Å². The summed E-state index contributed by atoms with van der Waals surface area (Å²) in [5.74, 6) is 0. The van der Waals surface area contributed by atoms with E-state index in [2.05, 4.69) is 11.4 Å². The van der Waals surface area contributed by atoms with Gasteiger partial charge in [0.05, 0.1) is 5.60 Å². The minimum absolute atomic E-state index is 0.390. The van der Waals surface area contributed by atoms with Gasteiger partial charge in [-0.25, -0.2) is 0 Å². The first kappa shape index (κ1) is 10.7. The van der Waals surface area contributed by atoms with Gasteiger partial charge in [0.25, 0.3) is 0 Å². The van der Waals surface area contributed by atoms with Gasteiger partial charge in [-0.2, -0.15) is 0 Å². The minimum atomic E-state index is -0.779. The van der Waals surface area contributed by atoms with Gasteiger partial charge in [-0.15, -0.1) is 0 Å². The Morgan fingerprint density at radius 2 is 2.20 bits per heavy atom. The lowest BCUT2D eigenvalue weighted by atomic mass is 9.78. The molecule has 0 aliphatic carbocycles. The number of rotatable bonds is 2. The summed E-state index contributed by atoms with van der Waals surface area (Å²) >= 11 is 0. The third-order valence-electron chi connectivity index (χ3n) is 2.82. The average Bonchev–Trinajstić information content (AvgIpc) is 2.38. The van der Waals surface area contributed by atoms with E-state index in [1.165, 1.54) is 5.56 Å². The summed E-state index contributed by atoms with van der Waals surface area (Å²) in [6.07, 6.45) is 0. The largest absolute Gasteiger partial charge is 0.492 e. The molecule has 1 aromatic carbocycles. The van der Waals surface area contributed by atoms with E-state index in [1.807, 2.05) is 33.0 Å². The molecule has 0 spiro atoms. The highest BCUT2D eigenvalue weighted by atomic mass is 16.5. The van der Waals surface area contributed by atoms with Gasteiger partial charge < -0.3 is 15.0 Å². The first-order chi connectivity index (χ1) is 7.04. The van der Waals surface area contributed by atoms with Crippen molar-refractivity contribution in [3.8, 4) is 0 Å². The molecule has 0 fully saturated rings. The second-order valence-corrected chi connectivity index (χ2v) is 4.43. The van der Waals surface area contributed by atoms with Crippen LogP contribution in [0.15, 0.2) is 18.2 Å². The van der Waals surface area contributed by atoms with Gasteiger partial charge in [0, 0.05) is 6.54 Å². The molecule has 0 atom stereocenters. The first-order valence-corrected chi connectivity index (χ1v) is 5.18. The normalized spacial score (nSPS) is 18.0. The lowest BCUT2D eigenvalue weighted by Gasteiger charge is -2.20. The SMILES string of the molecule is CNCc1ccc2c(c1)C(C)(C)OB2O. The summed E-state index contributed by atoms with van der Waals surface area (Å²) in [6.45, 7) is 4.79. The Hall–Kier alpha value is -0.835. The maximum absolute atomic E-state index is 9.70. The molecule has 15 heavy (non-hydrogen) atoms. The molecule has 0 bridgehead atoms. The highest BCUT2D eigenvalue weighted by molar-refractivity contribution is 6.61.